The average molecular weight is 420 g/mol. The van der Waals surface area contributed by atoms with E-state index in [-0.39, 0.29) is 18.3 Å². The van der Waals surface area contributed by atoms with Crippen molar-refractivity contribution in [1.82, 2.24) is 4.90 Å². The van der Waals surface area contributed by atoms with E-state index in [0.29, 0.717) is 37.6 Å². The Labute approximate surface area is 171 Å². The summed E-state index contributed by atoms with van der Waals surface area (Å²) in [4.78, 5) is 16.4. The first kappa shape index (κ1) is 21.1. The van der Waals surface area contributed by atoms with Gasteiger partial charge in [-0.3, -0.25) is 9.10 Å². The smallest absolute Gasteiger partial charge is 0.243 e. The molecule has 8 heteroatoms. The van der Waals surface area contributed by atoms with Gasteiger partial charge in [-0.25, -0.2) is 12.8 Å². The average Bonchev–Trinajstić information content (AvgIpc) is 2.68. The van der Waals surface area contributed by atoms with E-state index < -0.39 is 10.0 Å². The van der Waals surface area contributed by atoms with E-state index in [4.69, 9.17) is 0 Å². The largest absolute Gasteiger partial charge is 0.366 e. The molecule has 3 rings (SSSR count). The quantitative estimate of drug-likeness (QED) is 0.747. The highest BCUT2D eigenvalue weighted by molar-refractivity contribution is 7.92. The van der Waals surface area contributed by atoms with Crippen LogP contribution in [0.2, 0.25) is 0 Å². The van der Waals surface area contributed by atoms with Crippen LogP contribution in [0.15, 0.2) is 42.5 Å². The van der Waals surface area contributed by atoms with Gasteiger partial charge in [0.1, 0.15) is 12.4 Å². The lowest BCUT2D eigenvalue weighted by Gasteiger charge is -2.37. The van der Waals surface area contributed by atoms with E-state index in [1.807, 2.05) is 24.8 Å². The first-order chi connectivity index (χ1) is 13.7. The molecule has 1 saturated heterocycles. The monoisotopic (exact) mass is 419 g/mol. The fourth-order valence-electron chi connectivity index (χ4n) is 3.51. The van der Waals surface area contributed by atoms with Crippen LogP contribution >= 0.6 is 0 Å². The summed E-state index contributed by atoms with van der Waals surface area (Å²) in [5.74, 6) is -0.546. The Hall–Kier alpha value is -2.61. The van der Waals surface area contributed by atoms with E-state index in [2.05, 4.69) is 0 Å². The highest BCUT2D eigenvalue weighted by Gasteiger charge is 2.28. The molecule has 0 bridgehead atoms. The fraction of sp³-hybridized carbons (Fsp3) is 0.381. The predicted molar refractivity (Wildman–Crippen MR) is 113 cm³/mol. The normalized spacial score (nSPS) is 14.8. The van der Waals surface area contributed by atoms with Gasteiger partial charge in [0.2, 0.25) is 15.9 Å². The van der Waals surface area contributed by atoms with Gasteiger partial charge in [-0.2, -0.15) is 0 Å². The Morgan fingerprint density at radius 2 is 1.69 bits per heavy atom. The Kier molecular flexibility index (Phi) is 6.12. The van der Waals surface area contributed by atoms with Crippen LogP contribution in [0.1, 0.15) is 11.1 Å². The molecule has 2 aromatic rings. The Morgan fingerprint density at radius 1 is 1.03 bits per heavy atom. The van der Waals surface area contributed by atoms with Gasteiger partial charge in [-0.15, -0.1) is 0 Å². The van der Waals surface area contributed by atoms with E-state index >= 15 is 0 Å². The molecular weight excluding hydrogens is 393 g/mol. The Bertz CT molecular complexity index is 1000. The minimum atomic E-state index is -3.62. The van der Waals surface area contributed by atoms with Crippen LogP contribution in [0.25, 0.3) is 0 Å². The fourth-order valence-corrected chi connectivity index (χ4v) is 4.41. The van der Waals surface area contributed by atoms with Crippen LogP contribution in [0.5, 0.6) is 0 Å². The number of aryl methyl sites for hydroxylation is 1. The zero-order chi connectivity index (χ0) is 21.2. The number of hydrogen-bond acceptors (Lipinski definition) is 4. The second-order valence-electron chi connectivity index (χ2n) is 7.31. The number of benzene rings is 2. The molecule has 1 aliphatic heterocycles. The lowest BCUT2D eigenvalue weighted by Crippen LogP contribution is -2.52. The number of sulfonamides is 1. The van der Waals surface area contributed by atoms with Crippen LogP contribution < -0.4 is 9.21 Å². The first-order valence-corrected chi connectivity index (χ1v) is 11.3. The van der Waals surface area contributed by atoms with Crippen molar-refractivity contribution in [1.29, 1.82) is 0 Å². The highest BCUT2D eigenvalue weighted by Crippen LogP contribution is 2.25. The summed E-state index contributed by atoms with van der Waals surface area (Å²) < 4.78 is 40.0. The van der Waals surface area contributed by atoms with E-state index in [1.54, 1.807) is 35.2 Å². The number of piperazine rings is 1. The van der Waals surface area contributed by atoms with Gasteiger partial charge >= 0.3 is 0 Å². The van der Waals surface area contributed by atoms with Crippen LogP contribution in [0, 0.1) is 19.7 Å². The summed E-state index contributed by atoms with van der Waals surface area (Å²) in [5.41, 5.74) is 2.83. The van der Waals surface area contributed by atoms with Crippen molar-refractivity contribution >= 4 is 27.3 Å². The Balaban J connectivity index is 1.72. The maximum atomic E-state index is 14.0. The molecule has 1 amide bonds. The third-order valence-corrected chi connectivity index (χ3v) is 6.48. The summed E-state index contributed by atoms with van der Waals surface area (Å²) in [6.45, 7) is 5.32. The number of halogens is 1. The molecule has 6 nitrogen and oxygen atoms in total. The van der Waals surface area contributed by atoms with Gasteiger partial charge in [0, 0.05) is 26.2 Å². The summed E-state index contributed by atoms with van der Waals surface area (Å²) in [6.07, 6.45) is 1.11. The topological polar surface area (TPSA) is 60.9 Å². The lowest BCUT2D eigenvalue weighted by atomic mass is 10.1. The van der Waals surface area contributed by atoms with Gasteiger partial charge in [-0.05, 0) is 43.2 Å². The van der Waals surface area contributed by atoms with Crippen molar-refractivity contribution in [2.24, 2.45) is 0 Å². The van der Waals surface area contributed by atoms with E-state index in [0.717, 1.165) is 17.4 Å². The summed E-state index contributed by atoms with van der Waals surface area (Å²) in [6, 6.07) is 12.0. The number of hydrogen-bond donors (Lipinski definition) is 0. The van der Waals surface area contributed by atoms with Crippen LogP contribution in [-0.4, -0.2) is 58.2 Å². The molecular formula is C21H26FN3O3S. The van der Waals surface area contributed by atoms with Crippen molar-refractivity contribution in [3.8, 4) is 0 Å². The molecule has 0 radical (unpaired) electrons. The van der Waals surface area contributed by atoms with Crippen molar-refractivity contribution < 1.29 is 17.6 Å². The third kappa shape index (κ3) is 4.70. The van der Waals surface area contributed by atoms with Crippen molar-refractivity contribution in [3.63, 3.8) is 0 Å². The molecule has 29 heavy (non-hydrogen) atoms. The number of amides is 1. The number of rotatable bonds is 5. The van der Waals surface area contributed by atoms with Crippen LogP contribution in [0.4, 0.5) is 15.8 Å². The minimum Gasteiger partial charge on any atom is -0.366 e. The number of carbonyl (C=O) groups is 1. The van der Waals surface area contributed by atoms with Gasteiger partial charge < -0.3 is 9.80 Å². The molecule has 0 atom stereocenters. The third-order valence-electron chi connectivity index (χ3n) is 5.35. The molecule has 0 N–H and O–H groups in total. The van der Waals surface area contributed by atoms with Crippen LogP contribution in [-0.2, 0) is 14.8 Å². The number of anilines is 2. The van der Waals surface area contributed by atoms with Gasteiger partial charge in [0.25, 0.3) is 0 Å². The molecule has 0 saturated carbocycles. The number of para-hydroxylation sites is 1. The molecule has 0 aliphatic carbocycles. The summed E-state index contributed by atoms with van der Waals surface area (Å²) in [7, 11) is -3.62. The Morgan fingerprint density at radius 3 is 2.31 bits per heavy atom. The maximum Gasteiger partial charge on any atom is 0.243 e. The molecule has 1 aliphatic rings. The highest BCUT2D eigenvalue weighted by atomic mass is 32.2. The van der Waals surface area contributed by atoms with Gasteiger partial charge in [0.05, 0.1) is 17.6 Å². The molecule has 0 aromatic heterocycles. The summed E-state index contributed by atoms with van der Waals surface area (Å²) in [5, 5.41) is 0. The standard InChI is InChI=1S/C21H26FN3O3S/c1-16-7-6-10-19(17(16)2)25(29(3,27)28)15-21(26)24-13-11-23(12-14-24)20-9-5-4-8-18(20)22/h4-10H,11-15H2,1-3H3. The number of carbonyl (C=O) groups excluding carboxylic acids is 1. The minimum absolute atomic E-state index is 0.247. The second kappa shape index (κ2) is 8.41. The van der Waals surface area contributed by atoms with Gasteiger partial charge in [-0.1, -0.05) is 24.3 Å². The molecule has 1 heterocycles. The number of nitrogens with zero attached hydrogens (tertiary/aromatic N) is 3. The molecule has 0 spiro atoms. The van der Waals surface area contributed by atoms with Crippen molar-refractivity contribution in [2.45, 2.75) is 13.8 Å². The van der Waals surface area contributed by atoms with Crippen molar-refractivity contribution in [2.75, 3.05) is 48.2 Å². The molecule has 0 unspecified atom stereocenters. The SMILES string of the molecule is Cc1cccc(N(CC(=O)N2CCN(c3ccccc3F)CC2)S(C)(=O)=O)c1C. The zero-order valence-corrected chi connectivity index (χ0v) is 17.7. The maximum absolute atomic E-state index is 14.0. The van der Waals surface area contributed by atoms with E-state index in [9.17, 15) is 17.6 Å². The zero-order valence-electron chi connectivity index (χ0n) is 16.9. The molecule has 1 fully saturated rings. The second-order valence-corrected chi connectivity index (χ2v) is 9.21. The first-order valence-electron chi connectivity index (χ1n) is 9.49. The molecule has 156 valence electrons. The van der Waals surface area contributed by atoms with E-state index in [1.165, 1.54) is 10.4 Å². The summed E-state index contributed by atoms with van der Waals surface area (Å²) >= 11 is 0. The predicted octanol–water partition coefficient (Wildman–Crippen LogP) is 2.56. The lowest BCUT2D eigenvalue weighted by molar-refractivity contribution is -0.129. The van der Waals surface area contributed by atoms with Crippen molar-refractivity contribution in [3.05, 3.63) is 59.4 Å². The van der Waals surface area contributed by atoms with Crippen LogP contribution in [0.3, 0.4) is 0 Å². The molecule has 2 aromatic carbocycles. The van der Waals surface area contributed by atoms with Gasteiger partial charge in [0.15, 0.2) is 0 Å².